The van der Waals surface area contributed by atoms with Gasteiger partial charge in [-0.15, -0.1) is 0 Å². The van der Waals surface area contributed by atoms with Crippen LogP contribution >= 0.6 is 0 Å². The first-order valence-corrected chi connectivity index (χ1v) is 6.17. The standard InChI is InChI=1S/C14H20F3N/c1-10(2)11(3)8-18-9-12-4-6-13(7-5-12)14(15,16)17/h4-7,10-11,18H,8-9H2,1-3H3/t11-/m1/s1. The number of nitrogens with one attached hydrogen (secondary N) is 1. The maximum absolute atomic E-state index is 12.4. The second-order valence-corrected chi connectivity index (χ2v) is 5.05. The number of rotatable bonds is 5. The second kappa shape index (κ2) is 6.23. The van der Waals surface area contributed by atoms with E-state index in [-0.39, 0.29) is 0 Å². The Morgan fingerprint density at radius 2 is 1.61 bits per heavy atom. The predicted octanol–water partition coefficient (Wildman–Crippen LogP) is 4.09. The molecule has 4 heteroatoms. The van der Waals surface area contributed by atoms with Crippen molar-refractivity contribution in [1.29, 1.82) is 0 Å². The first-order valence-electron chi connectivity index (χ1n) is 6.17. The first kappa shape index (κ1) is 15.0. The largest absolute Gasteiger partial charge is 0.416 e. The van der Waals surface area contributed by atoms with E-state index >= 15 is 0 Å². The summed E-state index contributed by atoms with van der Waals surface area (Å²) >= 11 is 0. The van der Waals surface area contributed by atoms with E-state index in [2.05, 4.69) is 26.1 Å². The summed E-state index contributed by atoms with van der Waals surface area (Å²) in [6.07, 6.45) is -4.25. The second-order valence-electron chi connectivity index (χ2n) is 5.05. The molecule has 1 nitrogen and oxygen atoms in total. The van der Waals surface area contributed by atoms with Crippen molar-refractivity contribution in [3.05, 3.63) is 35.4 Å². The van der Waals surface area contributed by atoms with Crippen LogP contribution in [0, 0.1) is 11.8 Å². The topological polar surface area (TPSA) is 12.0 Å². The molecule has 1 rings (SSSR count). The van der Waals surface area contributed by atoms with Gasteiger partial charge in [-0.3, -0.25) is 0 Å². The Labute approximate surface area is 106 Å². The molecule has 0 radical (unpaired) electrons. The van der Waals surface area contributed by atoms with Crippen molar-refractivity contribution in [2.24, 2.45) is 11.8 Å². The minimum absolute atomic E-state index is 0.555. The molecular weight excluding hydrogens is 239 g/mol. The van der Waals surface area contributed by atoms with Crippen LogP contribution in [0.2, 0.25) is 0 Å². The summed E-state index contributed by atoms with van der Waals surface area (Å²) in [5.41, 5.74) is 0.278. The number of alkyl halides is 3. The summed E-state index contributed by atoms with van der Waals surface area (Å²) in [5, 5.41) is 3.26. The minimum atomic E-state index is -4.25. The van der Waals surface area contributed by atoms with Gasteiger partial charge in [0, 0.05) is 6.54 Å². The van der Waals surface area contributed by atoms with Crippen molar-refractivity contribution in [3.8, 4) is 0 Å². The lowest BCUT2D eigenvalue weighted by Crippen LogP contribution is -2.23. The smallest absolute Gasteiger partial charge is 0.312 e. The lowest BCUT2D eigenvalue weighted by Gasteiger charge is -2.16. The third kappa shape index (κ3) is 4.69. The molecule has 1 aromatic rings. The Hall–Kier alpha value is -1.03. The number of halogens is 3. The molecule has 0 spiro atoms. The highest BCUT2D eigenvalue weighted by molar-refractivity contribution is 5.24. The molecule has 0 amide bonds. The first-order chi connectivity index (χ1) is 8.30. The van der Waals surface area contributed by atoms with Gasteiger partial charge >= 0.3 is 6.18 Å². The highest BCUT2D eigenvalue weighted by Crippen LogP contribution is 2.29. The highest BCUT2D eigenvalue weighted by Gasteiger charge is 2.29. The Balaban J connectivity index is 2.45. The number of hydrogen-bond donors (Lipinski definition) is 1. The molecule has 1 aromatic carbocycles. The van der Waals surface area contributed by atoms with Crippen molar-refractivity contribution >= 4 is 0 Å². The van der Waals surface area contributed by atoms with E-state index in [1.165, 1.54) is 12.1 Å². The molecule has 0 unspecified atom stereocenters. The number of hydrogen-bond acceptors (Lipinski definition) is 1. The molecule has 0 bridgehead atoms. The third-order valence-electron chi connectivity index (χ3n) is 3.21. The SMILES string of the molecule is CC(C)[C@H](C)CNCc1ccc(C(F)(F)F)cc1. The van der Waals surface area contributed by atoms with Crippen LogP contribution < -0.4 is 5.32 Å². The van der Waals surface area contributed by atoms with Gasteiger partial charge in [-0.25, -0.2) is 0 Å². The van der Waals surface area contributed by atoms with E-state index in [1.807, 2.05) is 0 Å². The van der Waals surface area contributed by atoms with Crippen LogP contribution in [0.15, 0.2) is 24.3 Å². The molecule has 18 heavy (non-hydrogen) atoms. The quantitative estimate of drug-likeness (QED) is 0.840. The van der Waals surface area contributed by atoms with Crippen LogP contribution in [0.3, 0.4) is 0 Å². The zero-order valence-corrected chi connectivity index (χ0v) is 11.0. The molecule has 0 heterocycles. The molecule has 0 saturated carbocycles. The summed E-state index contributed by atoms with van der Waals surface area (Å²) in [6, 6.07) is 5.30. The summed E-state index contributed by atoms with van der Waals surface area (Å²) in [5.74, 6) is 1.16. The summed E-state index contributed by atoms with van der Waals surface area (Å²) in [4.78, 5) is 0. The molecule has 1 N–H and O–H groups in total. The molecule has 0 aliphatic carbocycles. The van der Waals surface area contributed by atoms with Crippen LogP contribution in [0.1, 0.15) is 31.9 Å². The molecule has 0 aromatic heterocycles. The van der Waals surface area contributed by atoms with Gasteiger partial charge in [0.15, 0.2) is 0 Å². The van der Waals surface area contributed by atoms with Crippen molar-refractivity contribution in [2.75, 3.05) is 6.54 Å². The normalized spacial score (nSPS) is 13.9. The lowest BCUT2D eigenvalue weighted by molar-refractivity contribution is -0.137. The average Bonchev–Trinajstić information content (AvgIpc) is 2.28. The zero-order chi connectivity index (χ0) is 13.8. The van der Waals surface area contributed by atoms with E-state index in [4.69, 9.17) is 0 Å². The Morgan fingerprint density at radius 3 is 2.06 bits per heavy atom. The monoisotopic (exact) mass is 259 g/mol. The lowest BCUT2D eigenvalue weighted by atomic mass is 9.98. The molecule has 1 atom stereocenters. The fraction of sp³-hybridized carbons (Fsp3) is 0.571. The highest BCUT2D eigenvalue weighted by atomic mass is 19.4. The Morgan fingerprint density at radius 1 is 1.06 bits per heavy atom. The van der Waals surface area contributed by atoms with Crippen molar-refractivity contribution < 1.29 is 13.2 Å². The molecule has 0 aliphatic heterocycles. The zero-order valence-electron chi connectivity index (χ0n) is 11.0. The maximum atomic E-state index is 12.4. The van der Waals surface area contributed by atoms with Crippen molar-refractivity contribution in [2.45, 2.75) is 33.5 Å². The third-order valence-corrected chi connectivity index (χ3v) is 3.21. The van der Waals surface area contributed by atoms with Gasteiger partial charge in [0.1, 0.15) is 0 Å². The molecule has 102 valence electrons. The van der Waals surface area contributed by atoms with E-state index < -0.39 is 11.7 Å². The average molecular weight is 259 g/mol. The van der Waals surface area contributed by atoms with Crippen LogP contribution in [0.5, 0.6) is 0 Å². The van der Waals surface area contributed by atoms with Gasteiger partial charge in [0.2, 0.25) is 0 Å². The van der Waals surface area contributed by atoms with Crippen molar-refractivity contribution in [3.63, 3.8) is 0 Å². The molecule has 0 fully saturated rings. The van der Waals surface area contributed by atoms with Crippen LogP contribution in [0.25, 0.3) is 0 Å². The van der Waals surface area contributed by atoms with Crippen LogP contribution in [0.4, 0.5) is 13.2 Å². The van der Waals surface area contributed by atoms with Crippen LogP contribution in [-0.2, 0) is 12.7 Å². The minimum Gasteiger partial charge on any atom is -0.312 e. The summed E-state index contributed by atoms with van der Waals surface area (Å²) in [6.45, 7) is 7.95. The number of benzene rings is 1. The summed E-state index contributed by atoms with van der Waals surface area (Å²) in [7, 11) is 0. The predicted molar refractivity (Wildman–Crippen MR) is 67.2 cm³/mol. The Bertz CT molecular complexity index is 354. The van der Waals surface area contributed by atoms with Crippen molar-refractivity contribution in [1.82, 2.24) is 5.32 Å². The maximum Gasteiger partial charge on any atom is 0.416 e. The fourth-order valence-electron chi connectivity index (χ4n) is 1.49. The summed E-state index contributed by atoms with van der Waals surface area (Å²) < 4.78 is 37.1. The van der Waals surface area contributed by atoms with Gasteiger partial charge in [0.05, 0.1) is 5.56 Å². The molecular formula is C14H20F3N. The van der Waals surface area contributed by atoms with E-state index in [0.29, 0.717) is 18.4 Å². The van der Waals surface area contributed by atoms with E-state index in [0.717, 1.165) is 24.2 Å². The van der Waals surface area contributed by atoms with Crippen LogP contribution in [-0.4, -0.2) is 6.54 Å². The van der Waals surface area contributed by atoms with Gasteiger partial charge in [-0.1, -0.05) is 32.9 Å². The molecule has 0 aliphatic rings. The van der Waals surface area contributed by atoms with E-state index in [9.17, 15) is 13.2 Å². The van der Waals surface area contributed by atoms with Gasteiger partial charge in [0.25, 0.3) is 0 Å². The molecule has 0 saturated heterocycles. The van der Waals surface area contributed by atoms with Gasteiger partial charge in [-0.2, -0.15) is 13.2 Å². The Kier molecular flexibility index (Phi) is 5.20. The van der Waals surface area contributed by atoms with Gasteiger partial charge in [-0.05, 0) is 36.1 Å². The van der Waals surface area contributed by atoms with Gasteiger partial charge < -0.3 is 5.32 Å². The fourth-order valence-corrected chi connectivity index (χ4v) is 1.49. The van der Waals surface area contributed by atoms with E-state index in [1.54, 1.807) is 0 Å².